The van der Waals surface area contributed by atoms with Gasteiger partial charge in [0.25, 0.3) is 0 Å². The average Bonchev–Trinajstić information content (AvgIpc) is 2.54. The number of rotatable bonds is 4. The fourth-order valence-electron chi connectivity index (χ4n) is 2.18. The van der Waals surface area contributed by atoms with Crippen molar-refractivity contribution in [2.24, 2.45) is 0 Å². The fourth-order valence-corrected chi connectivity index (χ4v) is 2.91. The largest absolute Gasteiger partial charge is 0.381 e. The Morgan fingerprint density at radius 3 is 2.88 bits per heavy atom. The summed E-state index contributed by atoms with van der Waals surface area (Å²) >= 11 is 0. The first-order valence-electron chi connectivity index (χ1n) is 4.90. The third kappa shape index (κ3) is 2.08. The molecule has 2 radical (unpaired) electrons. The maximum atomic E-state index is 11.3. The van der Waals surface area contributed by atoms with E-state index < -0.39 is 31.4 Å². The quantitative estimate of drug-likeness (QED) is 0.533. The van der Waals surface area contributed by atoms with Crippen LogP contribution in [0.5, 0.6) is 0 Å². The Morgan fingerprint density at radius 2 is 2.38 bits per heavy atom. The summed E-state index contributed by atoms with van der Waals surface area (Å²) in [5, 5.41) is 0. The van der Waals surface area contributed by atoms with Crippen LogP contribution in [0.2, 0.25) is 0 Å². The molecule has 2 heterocycles. The minimum Gasteiger partial charge on any atom is -0.381 e. The molecule has 2 rings (SSSR count). The molecule has 6 nitrogen and oxygen atoms in total. The van der Waals surface area contributed by atoms with Crippen LogP contribution < -0.4 is 0 Å². The van der Waals surface area contributed by atoms with Crippen molar-refractivity contribution in [3.63, 3.8) is 0 Å². The zero-order valence-electron chi connectivity index (χ0n) is 9.16. The zero-order valence-corrected chi connectivity index (χ0v) is 10.1. The molecular formula is C8H14BO6P. The second-order valence-corrected chi connectivity index (χ2v) is 6.00. The van der Waals surface area contributed by atoms with Gasteiger partial charge in [0.05, 0.1) is 13.2 Å². The van der Waals surface area contributed by atoms with E-state index in [0.717, 1.165) is 6.66 Å². The minimum absolute atomic E-state index is 0.210. The van der Waals surface area contributed by atoms with Gasteiger partial charge < -0.3 is 19.1 Å². The van der Waals surface area contributed by atoms with Crippen LogP contribution in [0.15, 0.2) is 0 Å². The van der Waals surface area contributed by atoms with E-state index in [1.807, 2.05) is 0 Å². The maximum Gasteiger partial charge on any atom is 0.325 e. The fraction of sp³-hybridized carbons (Fsp3) is 1.00. The maximum absolute atomic E-state index is 11.3. The summed E-state index contributed by atoms with van der Waals surface area (Å²) in [5.41, 5.74) is -0.868. The van der Waals surface area contributed by atoms with Gasteiger partial charge in [0.1, 0.15) is 25.7 Å². The monoisotopic (exact) mass is 248 g/mol. The van der Waals surface area contributed by atoms with E-state index in [9.17, 15) is 9.46 Å². The van der Waals surface area contributed by atoms with Crippen LogP contribution in [-0.4, -0.2) is 63.5 Å². The van der Waals surface area contributed by atoms with Gasteiger partial charge in [0.2, 0.25) is 0 Å². The molecule has 0 aliphatic carbocycles. The highest BCUT2D eigenvalue weighted by Gasteiger charge is 2.61. The van der Waals surface area contributed by atoms with Crippen LogP contribution >= 0.6 is 7.60 Å². The molecule has 0 aromatic carbocycles. The van der Waals surface area contributed by atoms with Gasteiger partial charge in [-0.05, 0) is 0 Å². The van der Waals surface area contributed by atoms with Gasteiger partial charge in [-0.25, -0.2) is 0 Å². The lowest BCUT2D eigenvalue weighted by Crippen LogP contribution is -2.45. The van der Waals surface area contributed by atoms with Crippen molar-refractivity contribution >= 4 is 15.4 Å². The lowest BCUT2D eigenvalue weighted by atomic mass is 9.92. The summed E-state index contributed by atoms with van der Waals surface area (Å²) < 4.78 is 32.3. The molecule has 0 aromatic heterocycles. The van der Waals surface area contributed by atoms with Gasteiger partial charge in [-0.15, -0.1) is 0 Å². The summed E-state index contributed by atoms with van der Waals surface area (Å²) in [5.74, 6) is 0. The second kappa shape index (κ2) is 4.08. The predicted octanol–water partition coefficient (Wildman–Crippen LogP) is -0.504. The van der Waals surface area contributed by atoms with E-state index in [1.165, 1.54) is 7.11 Å². The van der Waals surface area contributed by atoms with Gasteiger partial charge in [0.15, 0.2) is 0 Å². The first kappa shape index (κ1) is 12.5. The molecule has 2 saturated heterocycles. The molecule has 1 N–H and O–H groups in total. The summed E-state index contributed by atoms with van der Waals surface area (Å²) in [6, 6.07) is -0.652. The molecule has 2 bridgehead atoms. The van der Waals surface area contributed by atoms with E-state index in [4.69, 9.17) is 26.6 Å². The van der Waals surface area contributed by atoms with Crippen LogP contribution in [0.4, 0.5) is 0 Å². The van der Waals surface area contributed by atoms with Gasteiger partial charge >= 0.3 is 7.60 Å². The summed E-state index contributed by atoms with van der Waals surface area (Å²) in [6.07, 6.45) is -1.18. The van der Waals surface area contributed by atoms with Crippen molar-refractivity contribution in [1.29, 1.82) is 0 Å². The van der Waals surface area contributed by atoms with Gasteiger partial charge in [0, 0.05) is 19.8 Å². The SMILES string of the molecule is [B]C1OC2(COC)COC1[C@H]2OP(C)(=O)O. The van der Waals surface area contributed by atoms with Gasteiger partial charge in [-0.3, -0.25) is 9.09 Å². The molecule has 8 heteroatoms. The predicted molar refractivity (Wildman–Crippen MR) is 55.6 cm³/mol. The third-order valence-corrected chi connectivity index (χ3v) is 3.35. The topological polar surface area (TPSA) is 74.2 Å². The molecule has 0 saturated carbocycles. The van der Waals surface area contributed by atoms with Gasteiger partial charge in [-0.1, -0.05) is 0 Å². The third-order valence-electron chi connectivity index (χ3n) is 2.73. The number of fused-ring (bicyclic) bond motifs is 2. The Morgan fingerprint density at radius 1 is 1.69 bits per heavy atom. The van der Waals surface area contributed by atoms with Crippen molar-refractivity contribution in [1.82, 2.24) is 0 Å². The number of hydrogen-bond donors (Lipinski definition) is 1. The second-order valence-electron chi connectivity index (χ2n) is 4.18. The standard InChI is InChI=1S/C8H14BO6P/c1-12-3-8-4-13-5(7(9)14-8)6(8)15-16(2,10)11/h5-7H,3-4H2,1-2H3,(H,10,11)/t5?,6-,7?,8?/m1/s1. The molecule has 0 aromatic rings. The molecule has 2 fully saturated rings. The van der Waals surface area contributed by atoms with E-state index in [0.29, 0.717) is 0 Å². The van der Waals surface area contributed by atoms with E-state index >= 15 is 0 Å². The summed E-state index contributed by atoms with van der Waals surface area (Å²) in [7, 11) is 3.59. The Kier molecular flexibility index (Phi) is 3.20. The highest BCUT2D eigenvalue weighted by molar-refractivity contribution is 7.51. The van der Waals surface area contributed by atoms with Crippen LogP contribution in [0.1, 0.15) is 0 Å². The van der Waals surface area contributed by atoms with Crippen molar-refractivity contribution in [3.8, 4) is 0 Å². The van der Waals surface area contributed by atoms with Crippen molar-refractivity contribution < 1.29 is 28.2 Å². The van der Waals surface area contributed by atoms with Crippen LogP contribution in [-0.2, 0) is 23.3 Å². The average molecular weight is 248 g/mol. The van der Waals surface area contributed by atoms with E-state index in [2.05, 4.69) is 0 Å². The van der Waals surface area contributed by atoms with E-state index in [-0.39, 0.29) is 13.2 Å². The molecule has 0 spiro atoms. The molecule has 16 heavy (non-hydrogen) atoms. The summed E-state index contributed by atoms with van der Waals surface area (Å²) in [4.78, 5) is 9.25. The Hall–Kier alpha value is 0.0949. The van der Waals surface area contributed by atoms with Gasteiger partial charge in [-0.2, -0.15) is 0 Å². The minimum atomic E-state index is -3.61. The lowest BCUT2D eigenvalue weighted by Gasteiger charge is -2.30. The van der Waals surface area contributed by atoms with Crippen molar-refractivity contribution in [3.05, 3.63) is 0 Å². The highest BCUT2D eigenvalue weighted by Crippen LogP contribution is 2.49. The molecule has 90 valence electrons. The van der Waals surface area contributed by atoms with Crippen molar-refractivity contribution in [2.45, 2.75) is 23.8 Å². The lowest BCUT2D eigenvalue weighted by molar-refractivity contribution is -0.141. The van der Waals surface area contributed by atoms with Crippen molar-refractivity contribution in [2.75, 3.05) is 27.0 Å². The molecule has 4 unspecified atom stereocenters. The molecule has 5 atom stereocenters. The highest BCUT2D eigenvalue weighted by atomic mass is 31.2. The number of ether oxygens (including phenoxy) is 3. The summed E-state index contributed by atoms with van der Waals surface area (Å²) in [6.45, 7) is 1.59. The zero-order chi connectivity index (χ0) is 12.0. The van der Waals surface area contributed by atoms with Crippen LogP contribution in [0.25, 0.3) is 0 Å². The Balaban J connectivity index is 2.19. The Bertz CT molecular complexity index is 320. The molecule has 2 aliphatic heterocycles. The smallest absolute Gasteiger partial charge is 0.325 e. The van der Waals surface area contributed by atoms with E-state index in [1.54, 1.807) is 0 Å². The van der Waals surface area contributed by atoms with Crippen LogP contribution in [0, 0.1) is 0 Å². The number of methoxy groups -OCH3 is 1. The normalized spacial score (nSPS) is 45.8. The first-order valence-corrected chi connectivity index (χ1v) is 6.93. The molecule has 2 aliphatic rings. The number of hydrogen-bond acceptors (Lipinski definition) is 5. The molecular weight excluding hydrogens is 234 g/mol. The first-order chi connectivity index (χ1) is 7.38. The molecule has 0 amide bonds. The van der Waals surface area contributed by atoms with Crippen LogP contribution in [0.3, 0.4) is 0 Å². The Labute approximate surface area is 95.1 Å².